The van der Waals surface area contributed by atoms with Crippen molar-refractivity contribution in [1.29, 1.82) is 0 Å². The largest absolute Gasteiger partial charge is 0.389 e. The van der Waals surface area contributed by atoms with Gasteiger partial charge in [0.15, 0.2) is 5.13 Å². The molecule has 0 amide bonds. The second-order valence-corrected chi connectivity index (χ2v) is 9.16. The maximum Gasteiger partial charge on any atom is 0.185 e. The first kappa shape index (κ1) is 17.7. The van der Waals surface area contributed by atoms with E-state index in [1.54, 1.807) is 0 Å². The lowest BCUT2D eigenvalue weighted by Crippen LogP contribution is -2.55. The Kier molecular flexibility index (Phi) is 5.32. The minimum atomic E-state index is -0.505. The first-order chi connectivity index (χ1) is 12.1. The molecule has 140 valence electrons. The number of aliphatic hydroxyl groups is 1. The molecule has 25 heavy (non-hydrogen) atoms. The van der Waals surface area contributed by atoms with Gasteiger partial charge < -0.3 is 14.7 Å². The Bertz CT molecular complexity index is 569. The molecule has 0 aliphatic carbocycles. The number of rotatable bonds is 4. The maximum absolute atomic E-state index is 11.3. The minimum Gasteiger partial charge on any atom is -0.389 e. The summed E-state index contributed by atoms with van der Waals surface area (Å²) in [6.07, 6.45) is 7.55. The van der Waals surface area contributed by atoms with Crippen molar-refractivity contribution in [3.05, 3.63) is 11.1 Å². The predicted molar refractivity (Wildman–Crippen MR) is 101 cm³/mol. The van der Waals surface area contributed by atoms with Gasteiger partial charge in [-0.3, -0.25) is 4.90 Å². The van der Waals surface area contributed by atoms with E-state index in [0.717, 1.165) is 65.2 Å². The van der Waals surface area contributed by atoms with Crippen LogP contribution in [-0.2, 0) is 11.3 Å². The van der Waals surface area contributed by atoms with Gasteiger partial charge in [-0.25, -0.2) is 4.98 Å². The molecular weight excluding hydrogens is 334 g/mol. The van der Waals surface area contributed by atoms with Crippen molar-refractivity contribution in [1.82, 2.24) is 9.88 Å². The molecule has 5 nitrogen and oxygen atoms in total. The van der Waals surface area contributed by atoms with Gasteiger partial charge in [0.25, 0.3) is 0 Å². The zero-order valence-corrected chi connectivity index (χ0v) is 16.1. The van der Waals surface area contributed by atoms with Crippen LogP contribution in [0.1, 0.15) is 43.9 Å². The first-order valence-corrected chi connectivity index (χ1v) is 10.7. The number of nitrogens with zero attached hydrogens (tertiary/aromatic N) is 3. The van der Waals surface area contributed by atoms with Gasteiger partial charge in [-0.2, -0.15) is 0 Å². The van der Waals surface area contributed by atoms with Crippen molar-refractivity contribution in [2.75, 3.05) is 44.3 Å². The Balaban J connectivity index is 1.34. The molecule has 3 aliphatic rings. The van der Waals surface area contributed by atoms with Crippen LogP contribution in [0.25, 0.3) is 0 Å². The molecule has 0 radical (unpaired) electrons. The van der Waals surface area contributed by atoms with Crippen molar-refractivity contribution in [3.8, 4) is 0 Å². The van der Waals surface area contributed by atoms with Crippen molar-refractivity contribution >= 4 is 16.5 Å². The van der Waals surface area contributed by atoms with Crippen LogP contribution in [0.2, 0.25) is 0 Å². The number of ether oxygens (including phenoxy) is 1. The molecule has 0 bridgehead atoms. The Morgan fingerprint density at radius 3 is 2.76 bits per heavy atom. The molecular formula is C19H31N3O2S. The average Bonchev–Trinajstić information content (AvgIpc) is 3.30. The monoisotopic (exact) mass is 365 g/mol. The van der Waals surface area contributed by atoms with Crippen LogP contribution >= 0.6 is 11.3 Å². The Morgan fingerprint density at radius 1 is 1.28 bits per heavy atom. The normalized spacial score (nSPS) is 32.4. The third kappa shape index (κ3) is 3.72. The Hall–Kier alpha value is -0.690. The van der Waals surface area contributed by atoms with E-state index < -0.39 is 5.60 Å². The smallest absolute Gasteiger partial charge is 0.185 e. The lowest BCUT2D eigenvalue weighted by atomic mass is 9.70. The molecule has 1 aromatic rings. The molecule has 4 heterocycles. The van der Waals surface area contributed by atoms with Crippen LogP contribution in [0.15, 0.2) is 6.20 Å². The number of piperidine rings is 1. The van der Waals surface area contributed by atoms with Gasteiger partial charge in [0.2, 0.25) is 0 Å². The summed E-state index contributed by atoms with van der Waals surface area (Å²) >= 11 is 1.85. The van der Waals surface area contributed by atoms with Crippen LogP contribution in [0.4, 0.5) is 5.13 Å². The SMILES string of the molecule is C[C@@H]1CN(Cc2cnc(N3CCCC3)s2)CC[C@@]1(O)C1CCOCC1. The summed E-state index contributed by atoms with van der Waals surface area (Å²) in [6, 6.07) is 0. The lowest BCUT2D eigenvalue weighted by molar-refractivity contribution is -0.131. The fourth-order valence-corrected chi connectivity index (χ4v) is 5.82. The van der Waals surface area contributed by atoms with Crippen molar-refractivity contribution in [2.45, 2.75) is 51.2 Å². The topological polar surface area (TPSA) is 48.8 Å². The zero-order valence-electron chi connectivity index (χ0n) is 15.3. The molecule has 1 aromatic heterocycles. The van der Waals surface area contributed by atoms with Crippen molar-refractivity contribution < 1.29 is 9.84 Å². The Morgan fingerprint density at radius 2 is 2.04 bits per heavy atom. The highest BCUT2D eigenvalue weighted by atomic mass is 32.1. The summed E-state index contributed by atoms with van der Waals surface area (Å²) in [6.45, 7) is 9.09. The molecule has 3 saturated heterocycles. The standard InChI is InChI=1S/C19H31N3O2S/c1-15-13-21(9-6-19(15,23)16-4-10-24-11-5-16)14-17-12-20-18(25-17)22-7-2-3-8-22/h12,15-16,23H,2-11,13-14H2,1H3/t15-,19+/m1/s1. The number of anilines is 1. The van der Waals surface area contributed by atoms with Crippen molar-refractivity contribution in [2.24, 2.45) is 11.8 Å². The zero-order chi connectivity index (χ0) is 17.3. The fraction of sp³-hybridized carbons (Fsp3) is 0.842. The second-order valence-electron chi connectivity index (χ2n) is 8.07. The number of hydrogen-bond donors (Lipinski definition) is 1. The van der Waals surface area contributed by atoms with E-state index in [4.69, 9.17) is 4.74 Å². The molecule has 0 saturated carbocycles. The lowest BCUT2D eigenvalue weighted by Gasteiger charge is -2.48. The quantitative estimate of drug-likeness (QED) is 0.889. The van der Waals surface area contributed by atoms with Gasteiger partial charge in [0.1, 0.15) is 0 Å². The van der Waals surface area contributed by atoms with E-state index in [0.29, 0.717) is 11.8 Å². The van der Waals surface area contributed by atoms with E-state index in [1.165, 1.54) is 22.9 Å². The number of thiazole rings is 1. The number of hydrogen-bond acceptors (Lipinski definition) is 6. The highest BCUT2D eigenvalue weighted by Gasteiger charge is 2.45. The van der Waals surface area contributed by atoms with Crippen molar-refractivity contribution in [3.63, 3.8) is 0 Å². The van der Waals surface area contributed by atoms with Gasteiger partial charge >= 0.3 is 0 Å². The third-order valence-electron chi connectivity index (χ3n) is 6.44. The third-order valence-corrected chi connectivity index (χ3v) is 7.48. The summed E-state index contributed by atoms with van der Waals surface area (Å²) < 4.78 is 5.48. The molecule has 0 unspecified atom stereocenters. The summed E-state index contributed by atoms with van der Waals surface area (Å²) in [4.78, 5) is 10.9. The van der Waals surface area contributed by atoms with Crippen LogP contribution in [0, 0.1) is 11.8 Å². The van der Waals surface area contributed by atoms with Gasteiger partial charge in [-0.1, -0.05) is 6.92 Å². The fourth-order valence-electron chi connectivity index (χ4n) is 4.81. The molecule has 0 spiro atoms. The van der Waals surface area contributed by atoms with Gasteiger partial charge in [-0.05, 0) is 43.9 Å². The van der Waals surface area contributed by atoms with Gasteiger partial charge in [0, 0.05) is 57.0 Å². The maximum atomic E-state index is 11.3. The van der Waals surface area contributed by atoms with Crippen LogP contribution in [0.5, 0.6) is 0 Å². The molecule has 2 atom stereocenters. The average molecular weight is 366 g/mol. The van der Waals surface area contributed by atoms with E-state index in [-0.39, 0.29) is 0 Å². The van der Waals surface area contributed by atoms with Crippen LogP contribution < -0.4 is 4.90 Å². The molecule has 0 aromatic carbocycles. The van der Waals surface area contributed by atoms with E-state index in [9.17, 15) is 5.11 Å². The first-order valence-electron chi connectivity index (χ1n) is 9.87. The van der Waals surface area contributed by atoms with Crippen LogP contribution in [-0.4, -0.2) is 60.0 Å². The summed E-state index contributed by atoms with van der Waals surface area (Å²) in [7, 11) is 0. The highest BCUT2D eigenvalue weighted by molar-refractivity contribution is 7.15. The van der Waals surface area contributed by atoms with E-state index in [2.05, 4.69) is 27.9 Å². The minimum absolute atomic E-state index is 0.315. The van der Waals surface area contributed by atoms with E-state index in [1.807, 2.05) is 11.3 Å². The Labute approximate surface area is 155 Å². The summed E-state index contributed by atoms with van der Waals surface area (Å²) in [5.41, 5.74) is -0.505. The van der Waals surface area contributed by atoms with Gasteiger partial charge in [0.05, 0.1) is 5.60 Å². The summed E-state index contributed by atoms with van der Waals surface area (Å²) in [5.74, 6) is 0.721. The van der Waals surface area contributed by atoms with Gasteiger partial charge in [-0.15, -0.1) is 11.3 Å². The number of aromatic nitrogens is 1. The predicted octanol–water partition coefficient (Wildman–Crippen LogP) is 2.74. The molecule has 1 N–H and O–H groups in total. The molecule has 4 rings (SSSR count). The van der Waals surface area contributed by atoms with E-state index >= 15 is 0 Å². The highest BCUT2D eigenvalue weighted by Crippen LogP contribution is 2.40. The van der Waals surface area contributed by atoms with Crippen LogP contribution in [0.3, 0.4) is 0 Å². The molecule has 3 fully saturated rings. The summed E-state index contributed by atoms with van der Waals surface area (Å²) in [5, 5.41) is 12.5. The molecule has 6 heteroatoms. The second kappa shape index (κ2) is 7.51. The number of likely N-dealkylation sites (tertiary alicyclic amines) is 1. The molecule has 3 aliphatic heterocycles.